The van der Waals surface area contributed by atoms with E-state index in [0.717, 1.165) is 30.4 Å². The maximum atomic E-state index is 12.8. The van der Waals surface area contributed by atoms with Gasteiger partial charge in [0.15, 0.2) is 0 Å². The summed E-state index contributed by atoms with van der Waals surface area (Å²) >= 11 is 0. The molecule has 0 aliphatic heterocycles. The predicted octanol–water partition coefficient (Wildman–Crippen LogP) is 10.1. The third-order valence-corrected chi connectivity index (χ3v) is 9.88. The fraction of sp³-hybridized carbons (Fsp3) is 0.781. The van der Waals surface area contributed by atoms with Crippen molar-refractivity contribution in [3.05, 3.63) is 29.3 Å². The predicted molar refractivity (Wildman–Crippen MR) is 170 cm³/mol. The van der Waals surface area contributed by atoms with Crippen LogP contribution in [0.2, 0.25) is 0 Å². The van der Waals surface area contributed by atoms with E-state index in [9.17, 15) is 13.2 Å². The fourth-order valence-corrected chi connectivity index (χ4v) is 6.94. The number of carbonyl (C=O) groups excluding carboxylic acids is 1. The minimum absolute atomic E-state index is 0.173. The van der Waals surface area contributed by atoms with Crippen LogP contribution in [0.15, 0.2) is 18.2 Å². The highest BCUT2D eigenvalue weighted by Gasteiger charge is 2.21. The molecule has 5 nitrogen and oxygen atoms in total. The van der Waals surface area contributed by atoms with Crippen LogP contribution >= 0.6 is 10.8 Å². The molecule has 0 saturated carbocycles. The van der Waals surface area contributed by atoms with Gasteiger partial charge in [-0.2, -0.15) is 8.42 Å². The van der Waals surface area contributed by atoms with Gasteiger partial charge in [-0.3, -0.25) is 9.52 Å². The molecule has 0 aliphatic rings. The van der Waals surface area contributed by atoms with E-state index in [0.29, 0.717) is 16.5 Å². The molecule has 0 aromatic heterocycles. The van der Waals surface area contributed by atoms with E-state index >= 15 is 0 Å². The lowest BCUT2D eigenvalue weighted by molar-refractivity contribution is -0.145. The Labute approximate surface area is 244 Å². The highest BCUT2D eigenvalue weighted by Crippen LogP contribution is 2.34. The number of esters is 1. The number of hydrogen-bond acceptors (Lipinski definition) is 5. The number of nitrogens with one attached hydrogen (secondary N) is 1. The Hall–Kier alpha value is -1.21. The van der Waals surface area contributed by atoms with Crippen LogP contribution in [-0.2, 0) is 18.6 Å². The molecule has 1 rings (SSSR count). The van der Waals surface area contributed by atoms with Gasteiger partial charge in [-0.05, 0) is 42.7 Å². The quantitative estimate of drug-likeness (QED) is 0.0788. The van der Waals surface area contributed by atoms with Gasteiger partial charge in [0, 0.05) is 10.8 Å². The normalized spacial score (nSPS) is 12.7. The van der Waals surface area contributed by atoms with Crippen LogP contribution in [0.25, 0.3) is 0 Å². The number of rotatable bonds is 23. The summed E-state index contributed by atoms with van der Waals surface area (Å²) in [6.45, 7) is 12.3. The first-order chi connectivity index (χ1) is 18.6. The molecule has 1 N–H and O–H groups in total. The Morgan fingerprint density at radius 2 is 1.21 bits per heavy atom. The Bertz CT molecular complexity index is 873. The summed E-state index contributed by atoms with van der Waals surface area (Å²) in [6, 6.07) is 5.87. The zero-order chi connectivity index (χ0) is 29.1. The topological polar surface area (TPSA) is 72.5 Å². The second-order valence-electron chi connectivity index (χ2n) is 11.6. The van der Waals surface area contributed by atoms with Crippen molar-refractivity contribution in [2.24, 2.45) is 0 Å². The zero-order valence-electron chi connectivity index (χ0n) is 25.7. The number of hydrogen-bond donors (Lipinski definition) is 1. The van der Waals surface area contributed by atoms with Crippen molar-refractivity contribution in [1.29, 1.82) is 0 Å². The third kappa shape index (κ3) is 16.6. The number of para-hydroxylation sites is 1. The van der Waals surface area contributed by atoms with Crippen LogP contribution in [0.4, 0.5) is 5.69 Å². The largest absolute Gasteiger partial charge is 0.462 e. The second kappa shape index (κ2) is 20.6. The Morgan fingerprint density at radius 3 is 1.64 bits per heavy atom. The van der Waals surface area contributed by atoms with E-state index < -0.39 is 15.0 Å². The molecule has 0 saturated heterocycles. The van der Waals surface area contributed by atoms with Crippen LogP contribution in [0, 0.1) is 0 Å². The molecule has 0 spiro atoms. The Balaban J connectivity index is 2.22. The third-order valence-electron chi connectivity index (χ3n) is 7.23. The first-order valence-corrected chi connectivity index (χ1v) is 18.5. The molecule has 7 heteroatoms. The Kier molecular flexibility index (Phi) is 18.9. The van der Waals surface area contributed by atoms with Crippen molar-refractivity contribution in [3.63, 3.8) is 0 Å². The molecule has 1 aromatic carbocycles. The Morgan fingerprint density at radius 1 is 0.769 bits per heavy atom. The summed E-state index contributed by atoms with van der Waals surface area (Å²) in [7, 11) is -3.15. The lowest BCUT2D eigenvalue weighted by Gasteiger charge is -2.20. The van der Waals surface area contributed by atoms with Gasteiger partial charge in [0.2, 0.25) is 0 Å². The summed E-state index contributed by atoms with van der Waals surface area (Å²) in [5.41, 5.74) is 2.54. The number of ether oxygens (including phenoxy) is 1. The van der Waals surface area contributed by atoms with Gasteiger partial charge in [0.25, 0.3) is 9.06 Å². The molecule has 0 radical (unpaired) electrons. The number of benzene rings is 1. The summed E-state index contributed by atoms with van der Waals surface area (Å²) in [5, 5.41) is 0. The van der Waals surface area contributed by atoms with Crippen molar-refractivity contribution in [2.45, 2.75) is 156 Å². The monoisotopic (exact) mass is 583 g/mol. The molecule has 0 fully saturated rings. The van der Waals surface area contributed by atoms with E-state index in [1.165, 1.54) is 77.0 Å². The fourth-order valence-electron chi connectivity index (χ4n) is 4.89. The highest BCUT2D eigenvalue weighted by molar-refractivity contribution is 8.72. The van der Waals surface area contributed by atoms with Crippen LogP contribution in [-0.4, -0.2) is 26.2 Å². The molecule has 39 heavy (non-hydrogen) atoms. The molecular weight excluding hydrogens is 526 g/mol. The van der Waals surface area contributed by atoms with Crippen molar-refractivity contribution in [3.8, 4) is 0 Å². The first kappa shape index (κ1) is 35.8. The molecule has 226 valence electrons. The zero-order valence-corrected chi connectivity index (χ0v) is 27.4. The summed E-state index contributed by atoms with van der Waals surface area (Å²) in [6.07, 6.45) is 19.1. The van der Waals surface area contributed by atoms with Gasteiger partial charge >= 0.3 is 5.97 Å². The summed E-state index contributed by atoms with van der Waals surface area (Å²) < 4.78 is 33.8. The highest BCUT2D eigenvalue weighted by atomic mass is 33.1. The summed E-state index contributed by atoms with van der Waals surface area (Å²) in [5.74, 6) is -0.358. The first-order valence-electron chi connectivity index (χ1n) is 15.6. The maximum absolute atomic E-state index is 12.8. The van der Waals surface area contributed by atoms with Gasteiger partial charge in [-0.1, -0.05) is 136 Å². The maximum Gasteiger partial charge on any atom is 0.317 e. The molecule has 0 aliphatic carbocycles. The van der Waals surface area contributed by atoms with Crippen molar-refractivity contribution < 1.29 is 17.9 Å². The van der Waals surface area contributed by atoms with Crippen LogP contribution < -0.4 is 4.72 Å². The molecule has 0 heterocycles. The average molecular weight is 584 g/mol. The second-order valence-corrected chi connectivity index (χ2v) is 15.3. The van der Waals surface area contributed by atoms with E-state index in [2.05, 4.69) is 11.6 Å². The van der Waals surface area contributed by atoms with Crippen LogP contribution in [0.1, 0.15) is 161 Å². The lowest BCUT2D eigenvalue weighted by atomic mass is 9.93. The van der Waals surface area contributed by atoms with Crippen molar-refractivity contribution in [1.82, 2.24) is 0 Å². The lowest BCUT2D eigenvalue weighted by Crippen LogP contribution is -2.19. The minimum Gasteiger partial charge on any atom is -0.462 e. The van der Waals surface area contributed by atoms with E-state index in [1.807, 2.05) is 52.8 Å². The van der Waals surface area contributed by atoms with E-state index in [-0.39, 0.29) is 23.7 Å². The van der Waals surface area contributed by atoms with Crippen LogP contribution in [0.5, 0.6) is 0 Å². The number of unbranched alkanes of at least 4 members (excludes halogenated alkanes) is 13. The summed E-state index contributed by atoms with van der Waals surface area (Å²) in [4.78, 5) is 12.3. The van der Waals surface area contributed by atoms with Crippen LogP contribution in [0.3, 0.4) is 0 Å². The van der Waals surface area contributed by atoms with Crippen molar-refractivity contribution in [2.75, 3.05) is 10.5 Å². The minimum atomic E-state index is -3.75. The standard InChI is InChI=1S/C32H57NO4S2/c1-7-8-9-10-11-12-13-14-15-16-17-18-19-20-22-28(6)37-31(34)25-38-39(35,36)33-32-29(26(2)3)23-21-24-30(32)27(4)5/h21,23-24,26-28,33H,7-20,22,25H2,1-6H3. The molecular formula is C32H57NO4S2. The van der Waals surface area contributed by atoms with Gasteiger partial charge in [-0.25, -0.2) is 0 Å². The smallest absolute Gasteiger partial charge is 0.317 e. The van der Waals surface area contributed by atoms with E-state index in [1.54, 1.807) is 0 Å². The molecule has 1 aromatic rings. The average Bonchev–Trinajstić information content (AvgIpc) is 2.87. The SMILES string of the molecule is CCCCCCCCCCCCCCCCC(C)OC(=O)CSS(=O)(=O)Nc1c(C(C)C)cccc1C(C)C. The van der Waals surface area contributed by atoms with Gasteiger partial charge in [-0.15, -0.1) is 0 Å². The van der Waals surface area contributed by atoms with Gasteiger partial charge in [0.05, 0.1) is 11.8 Å². The van der Waals surface area contributed by atoms with Gasteiger partial charge in [0.1, 0.15) is 5.75 Å². The van der Waals surface area contributed by atoms with E-state index in [4.69, 9.17) is 4.74 Å². The molecule has 0 bridgehead atoms. The number of carbonyl (C=O) groups is 1. The van der Waals surface area contributed by atoms with Gasteiger partial charge < -0.3 is 4.74 Å². The molecule has 0 amide bonds. The molecule has 1 atom stereocenters. The van der Waals surface area contributed by atoms with Crippen molar-refractivity contribution >= 4 is 31.5 Å². The number of anilines is 1. The molecule has 1 unspecified atom stereocenters.